The van der Waals surface area contributed by atoms with Crippen LogP contribution in [0.25, 0.3) is 0 Å². The maximum absolute atomic E-state index is 12.0. The fourth-order valence-electron chi connectivity index (χ4n) is 4.09. The second-order valence-corrected chi connectivity index (χ2v) is 8.96. The van der Waals surface area contributed by atoms with Crippen molar-refractivity contribution in [2.75, 3.05) is 13.2 Å². The maximum atomic E-state index is 12.0. The van der Waals surface area contributed by atoms with Gasteiger partial charge in [-0.25, -0.2) is 0 Å². The Morgan fingerprint density at radius 1 is 0.923 bits per heavy atom. The van der Waals surface area contributed by atoms with Crippen molar-refractivity contribution >= 4 is 29.8 Å². The van der Waals surface area contributed by atoms with Crippen LogP contribution in [0.1, 0.15) is 59.4 Å². The molecule has 2 N–H and O–H groups in total. The van der Waals surface area contributed by atoms with Gasteiger partial charge in [0, 0.05) is 46.7 Å². The van der Waals surface area contributed by atoms with Gasteiger partial charge in [0.25, 0.3) is 0 Å². The molecule has 39 heavy (non-hydrogen) atoms. The number of aromatic hydroxyl groups is 1. The number of carbonyl (C=O) groups is 5. The molecule has 216 valence electrons. The van der Waals surface area contributed by atoms with E-state index in [0.717, 1.165) is 20.8 Å². The van der Waals surface area contributed by atoms with Crippen LogP contribution in [0.5, 0.6) is 11.5 Å². The van der Waals surface area contributed by atoms with Gasteiger partial charge in [0.1, 0.15) is 24.2 Å². The summed E-state index contributed by atoms with van der Waals surface area (Å²) in [5, 5.41) is 13.3. The number of amides is 1. The van der Waals surface area contributed by atoms with Crippen molar-refractivity contribution in [3.8, 4) is 11.5 Å². The first kappa shape index (κ1) is 31.3. The third-order valence-electron chi connectivity index (χ3n) is 5.60. The number of esters is 4. The predicted octanol–water partition coefficient (Wildman–Crippen LogP) is 1.48. The number of hydrogen-bond acceptors (Lipinski definition) is 12. The molecule has 0 aromatic heterocycles. The monoisotopic (exact) mass is 553 g/mol. The van der Waals surface area contributed by atoms with Gasteiger partial charge in [-0.15, -0.1) is 0 Å². The number of benzene rings is 1. The fraction of sp³-hybridized carbons (Fsp3) is 0.577. The van der Waals surface area contributed by atoms with E-state index in [4.69, 9.17) is 28.4 Å². The van der Waals surface area contributed by atoms with Gasteiger partial charge in [0.15, 0.2) is 12.2 Å². The van der Waals surface area contributed by atoms with E-state index in [1.165, 1.54) is 19.1 Å². The summed E-state index contributed by atoms with van der Waals surface area (Å²) in [4.78, 5) is 59.1. The Labute approximate surface area is 226 Å². The van der Waals surface area contributed by atoms with Crippen molar-refractivity contribution in [3.63, 3.8) is 0 Å². The number of carbonyl (C=O) groups excluding carboxylic acids is 5. The number of rotatable bonds is 11. The van der Waals surface area contributed by atoms with Gasteiger partial charge < -0.3 is 38.8 Å². The largest absolute Gasteiger partial charge is 0.508 e. The minimum atomic E-state index is -1.44. The molecule has 1 aromatic rings. The molecule has 1 fully saturated rings. The van der Waals surface area contributed by atoms with Crippen molar-refractivity contribution in [1.82, 2.24) is 5.32 Å². The molecule has 1 aliphatic rings. The molecule has 1 heterocycles. The summed E-state index contributed by atoms with van der Waals surface area (Å²) in [5.74, 6) is -3.49. The Hall–Kier alpha value is -3.87. The van der Waals surface area contributed by atoms with Crippen LogP contribution in [-0.2, 0) is 47.7 Å². The van der Waals surface area contributed by atoms with Gasteiger partial charge in [-0.3, -0.25) is 24.0 Å². The quantitative estimate of drug-likeness (QED) is 0.299. The van der Waals surface area contributed by atoms with Crippen molar-refractivity contribution in [3.05, 3.63) is 23.8 Å². The van der Waals surface area contributed by atoms with E-state index in [1.54, 1.807) is 19.9 Å². The van der Waals surface area contributed by atoms with Crippen LogP contribution in [0, 0.1) is 0 Å². The Kier molecular flexibility index (Phi) is 11.5. The highest BCUT2D eigenvalue weighted by Crippen LogP contribution is 2.35. The lowest BCUT2D eigenvalue weighted by molar-refractivity contribution is -0.288. The van der Waals surface area contributed by atoms with Crippen molar-refractivity contribution in [2.45, 2.75) is 84.6 Å². The van der Waals surface area contributed by atoms with Gasteiger partial charge >= 0.3 is 23.9 Å². The summed E-state index contributed by atoms with van der Waals surface area (Å²) >= 11 is 0. The Balaban J connectivity index is 2.41. The second-order valence-electron chi connectivity index (χ2n) is 8.96. The molecule has 0 saturated carbocycles. The Bertz CT molecular complexity index is 1060. The summed E-state index contributed by atoms with van der Waals surface area (Å²) in [5.41, 5.74) is 0.496. The zero-order valence-corrected chi connectivity index (χ0v) is 22.8. The third kappa shape index (κ3) is 9.43. The van der Waals surface area contributed by atoms with E-state index in [1.807, 2.05) is 0 Å². The molecule has 1 aromatic carbocycles. The topological polar surface area (TPSA) is 173 Å². The van der Waals surface area contributed by atoms with Crippen LogP contribution in [0.4, 0.5) is 0 Å². The lowest BCUT2D eigenvalue weighted by atomic mass is 9.96. The molecular weight excluding hydrogens is 518 g/mol. The van der Waals surface area contributed by atoms with Gasteiger partial charge in [-0.2, -0.15) is 0 Å². The van der Waals surface area contributed by atoms with Crippen LogP contribution in [0.15, 0.2) is 18.2 Å². The SMILES string of the molecule is CCNC(=O)CC(C)c1ccc(O[C@@H]2O[C@H](COC(C)=O)[C@@H](OC(C)=O)[C@H](OC(C)=O)[C@H]2OC(C)=O)cc1O. The van der Waals surface area contributed by atoms with E-state index in [2.05, 4.69) is 5.32 Å². The van der Waals surface area contributed by atoms with E-state index in [0.29, 0.717) is 12.1 Å². The number of hydrogen-bond donors (Lipinski definition) is 2. The lowest BCUT2D eigenvalue weighted by Gasteiger charge is -2.43. The highest BCUT2D eigenvalue weighted by Gasteiger charge is 2.53. The first-order valence-electron chi connectivity index (χ1n) is 12.4. The average molecular weight is 554 g/mol. The van der Waals surface area contributed by atoms with Crippen LogP contribution in [0.3, 0.4) is 0 Å². The lowest BCUT2D eigenvalue weighted by Crippen LogP contribution is -2.63. The smallest absolute Gasteiger partial charge is 0.303 e. The van der Waals surface area contributed by atoms with Crippen molar-refractivity contribution in [2.24, 2.45) is 0 Å². The summed E-state index contributed by atoms with van der Waals surface area (Å²) in [7, 11) is 0. The average Bonchev–Trinajstić information content (AvgIpc) is 2.80. The van der Waals surface area contributed by atoms with Gasteiger partial charge in [0.05, 0.1) is 0 Å². The number of phenolic OH excluding ortho intramolecular Hbond substituents is 1. The first-order valence-corrected chi connectivity index (χ1v) is 12.4. The molecule has 1 unspecified atom stereocenters. The maximum Gasteiger partial charge on any atom is 0.303 e. The molecule has 1 saturated heterocycles. The van der Waals surface area contributed by atoms with Crippen LogP contribution in [-0.4, -0.2) is 78.7 Å². The van der Waals surface area contributed by atoms with Crippen molar-refractivity contribution in [1.29, 1.82) is 0 Å². The molecule has 0 bridgehead atoms. The molecule has 0 radical (unpaired) electrons. The van der Waals surface area contributed by atoms with Crippen LogP contribution in [0.2, 0.25) is 0 Å². The van der Waals surface area contributed by atoms with Gasteiger partial charge in [-0.1, -0.05) is 13.0 Å². The van der Waals surface area contributed by atoms with Gasteiger partial charge in [0.2, 0.25) is 18.3 Å². The minimum Gasteiger partial charge on any atom is -0.508 e. The van der Waals surface area contributed by atoms with E-state index in [-0.39, 0.29) is 29.7 Å². The Morgan fingerprint density at radius 2 is 1.51 bits per heavy atom. The molecule has 1 amide bonds. The van der Waals surface area contributed by atoms with E-state index >= 15 is 0 Å². The van der Waals surface area contributed by atoms with Gasteiger partial charge in [-0.05, 0) is 24.5 Å². The Morgan fingerprint density at radius 3 is 2.05 bits per heavy atom. The van der Waals surface area contributed by atoms with E-state index in [9.17, 15) is 29.1 Å². The van der Waals surface area contributed by atoms with Crippen LogP contribution >= 0.6 is 0 Å². The number of phenols is 1. The summed E-state index contributed by atoms with van der Waals surface area (Å²) in [6, 6.07) is 4.37. The predicted molar refractivity (Wildman–Crippen MR) is 132 cm³/mol. The first-order chi connectivity index (χ1) is 18.3. The standard InChI is InChI=1S/C26H35NO12/c1-7-27-22(33)10-13(2)19-9-8-18(11-20(19)32)38-26-25(37-17(6)31)24(36-16(5)30)23(35-15(4)29)21(39-26)12-34-14(3)28/h8-9,11,13,21,23-26,32H,7,10,12H2,1-6H3,(H,27,33)/t13?,21-,23-,24+,25-,26-/m1/s1. The number of ether oxygens (including phenoxy) is 6. The summed E-state index contributed by atoms with van der Waals surface area (Å²) < 4.78 is 32.9. The molecule has 13 nitrogen and oxygen atoms in total. The molecule has 13 heteroatoms. The van der Waals surface area contributed by atoms with Crippen molar-refractivity contribution < 1.29 is 57.5 Å². The molecule has 6 atom stereocenters. The highest BCUT2D eigenvalue weighted by atomic mass is 16.7. The summed E-state index contributed by atoms with van der Waals surface area (Å²) in [6.45, 7) is 8.18. The molecule has 0 spiro atoms. The minimum absolute atomic E-state index is 0.0855. The fourth-order valence-corrected chi connectivity index (χ4v) is 4.09. The summed E-state index contributed by atoms with van der Waals surface area (Å²) in [6.07, 6.45) is -6.59. The zero-order chi connectivity index (χ0) is 29.3. The molecule has 0 aliphatic carbocycles. The van der Waals surface area contributed by atoms with E-state index < -0.39 is 61.2 Å². The second kappa shape index (κ2) is 14.3. The molecular formula is C26H35NO12. The number of nitrogens with one attached hydrogen (secondary N) is 1. The third-order valence-corrected chi connectivity index (χ3v) is 5.60. The highest BCUT2D eigenvalue weighted by molar-refractivity contribution is 5.77. The normalized spacial score (nSPS) is 23.1. The molecule has 1 aliphatic heterocycles. The zero-order valence-electron chi connectivity index (χ0n) is 22.8. The van der Waals surface area contributed by atoms with Crippen LogP contribution < -0.4 is 10.1 Å². The molecule has 2 rings (SSSR count).